The van der Waals surface area contributed by atoms with E-state index in [-0.39, 0.29) is 5.56 Å². The highest BCUT2D eigenvalue weighted by Gasteiger charge is 2.16. The number of rotatable bonds is 6. The third kappa shape index (κ3) is 5.42. The molecule has 2 amide bonds. The molecule has 11 heteroatoms. The molecule has 0 aliphatic rings. The number of benzene rings is 1. The number of carbonyl (C=O) groups excluding carboxylic acids is 3. The molecule has 0 spiro atoms. The number of aromatic nitrogens is 1. The van der Waals surface area contributed by atoms with Gasteiger partial charge in [-0.3, -0.25) is 9.59 Å². The standard InChI is InChI=1S/C16H12F3N3O5/c17-10-1-2-11(15(19)14(10)18)21-12(23)7-20-13(24)8-27-16(25)9-3-5-22(26)6-4-9/h1-6H,7-8H2,(H,20,24)(H,21,23). The van der Waals surface area contributed by atoms with Crippen LogP contribution in [-0.2, 0) is 14.3 Å². The highest BCUT2D eigenvalue weighted by atomic mass is 19.2. The Balaban J connectivity index is 1.78. The summed E-state index contributed by atoms with van der Waals surface area (Å²) in [5, 5.41) is 14.9. The SMILES string of the molecule is O=C(COC(=O)c1cc[n+]([O-])cc1)NCC(=O)Nc1ccc(F)c(F)c1F. The molecule has 0 aliphatic heterocycles. The third-order valence-corrected chi connectivity index (χ3v) is 3.13. The second kappa shape index (κ2) is 8.65. The number of hydrogen-bond donors (Lipinski definition) is 2. The van der Waals surface area contributed by atoms with Gasteiger partial charge in [0.15, 0.2) is 36.5 Å². The molecule has 1 heterocycles. The number of pyridine rings is 1. The predicted octanol–water partition coefficient (Wildman–Crippen LogP) is 0.649. The summed E-state index contributed by atoms with van der Waals surface area (Å²) in [6.07, 6.45) is 2.14. The lowest BCUT2D eigenvalue weighted by Gasteiger charge is -2.09. The van der Waals surface area contributed by atoms with Crippen LogP contribution in [0.25, 0.3) is 0 Å². The number of nitrogens with one attached hydrogen (secondary N) is 2. The Kier molecular flexibility index (Phi) is 6.31. The summed E-state index contributed by atoms with van der Waals surface area (Å²) in [7, 11) is 0. The van der Waals surface area contributed by atoms with Crippen molar-refractivity contribution in [2.75, 3.05) is 18.5 Å². The largest absolute Gasteiger partial charge is 0.619 e. The van der Waals surface area contributed by atoms with Crippen molar-refractivity contribution in [1.82, 2.24) is 5.32 Å². The van der Waals surface area contributed by atoms with Crippen LogP contribution in [0, 0.1) is 22.7 Å². The normalized spacial score (nSPS) is 10.2. The fourth-order valence-corrected chi connectivity index (χ4v) is 1.81. The van der Waals surface area contributed by atoms with E-state index in [9.17, 15) is 32.8 Å². The van der Waals surface area contributed by atoms with E-state index in [1.54, 1.807) is 0 Å². The molecule has 0 fully saturated rings. The molecule has 2 rings (SSSR count). The number of hydrogen-bond acceptors (Lipinski definition) is 5. The van der Waals surface area contributed by atoms with Crippen LogP contribution in [-0.4, -0.2) is 30.9 Å². The number of amides is 2. The molecule has 2 N–H and O–H groups in total. The van der Waals surface area contributed by atoms with Crippen LogP contribution in [0.1, 0.15) is 10.4 Å². The van der Waals surface area contributed by atoms with Gasteiger partial charge in [0.25, 0.3) is 5.91 Å². The van der Waals surface area contributed by atoms with Gasteiger partial charge >= 0.3 is 5.97 Å². The first-order valence-electron chi connectivity index (χ1n) is 7.34. The molecule has 0 saturated carbocycles. The van der Waals surface area contributed by atoms with E-state index in [0.717, 1.165) is 18.5 Å². The Bertz CT molecular complexity index is 874. The summed E-state index contributed by atoms with van der Waals surface area (Å²) in [5.41, 5.74) is -0.555. The lowest BCUT2D eigenvalue weighted by atomic mass is 10.2. The molecular weight excluding hydrogens is 371 g/mol. The summed E-state index contributed by atoms with van der Waals surface area (Å²) in [6.45, 7) is -1.34. The topological polar surface area (TPSA) is 111 Å². The molecule has 0 radical (unpaired) electrons. The van der Waals surface area contributed by atoms with E-state index in [1.165, 1.54) is 12.1 Å². The molecule has 0 atom stereocenters. The van der Waals surface area contributed by atoms with Gasteiger partial charge in [0.05, 0.1) is 17.8 Å². The monoisotopic (exact) mass is 383 g/mol. The number of esters is 1. The fraction of sp³-hybridized carbons (Fsp3) is 0.125. The van der Waals surface area contributed by atoms with Crippen molar-refractivity contribution in [3.63, 3.8) is 0 Å². The maximum absolute atomic E-state index is 13.4. The number of halogens is 3. The van der Waals surface area contributed by atoms with Crippen LogP contribution in [0.4, 0.5) is 18.9 Å². The number of anilines is 1. The lowest BCUT2D eigenvalue weighted by molar-refractivity contribution is -0.605. The Morgan fingerprint density at radius 2 is 1.67 bits per heavy atom. The molecule has 0 unspecified atom stereocenters. The summed E-state index contributed by atoms with van der Waals surface area (Å²) >= 11 is 0. The lowest BCUT2D eigenvalue weighted by Crippen LogP contribution is -2.35. The van der Waals surface area contributed by atoms with Gasteiger partial charge in [0.2, 0.25) is 5.91 Å². The zero-order chi connectivity index (χ0) is 20.0. The summed E-state index contributed by atoms with van der Waals surface area (Å²) in [5.74, 6) is -7.34. The Hall–Kier alpha value is -3.63. The van der Waals surface area contributed by atoms with Gasteiger partial charge in [-0.2, -0.15) is 4.73 Å². The minimum absolute atomic E-state index is 0.0430. The average Bonchev–Trinajstić information content (AvgIpc) is 2.65. The van der Waals surface area contributed by atoms with Gasteiger partial charge < -0.3 is 20.6 Å². The fourth-order valence-electron chi connectivity index (χ4n) is 1.81. The maximum Gasteiger partial charge on any atom is 0.339 e. The number of nitrogens with zero attached hydrogens (tertiary/aromatic N) is 1. The van der Waals surface area contributed by atoms with Crippen LogP contribution in [0.2, 0.25) is 0 Å². The van der Waals surface area contributed by atoms with Gasteiger partial charge in [-0.05, 0) is 12.1 Å². The first-order valence-corrected chi connectivity index (χ1v) is 7.34. The second-order valence-electron chi connectivity index (χ2n) is 5.07. The molecule has 0 bridgehead atoms. The Morgan fingerprint density at radius 3 is 2.33 bits per heavy atom. The van der Waals surface area contributed by atoms with Gasteiger partial charge in [-0.25, -0.2) is 18.0 Å². The summed E-state index contributed by atoms with van der Waals surface area (Å²) in [4.78, 5) is 34.8. The van der Waals surface area contributed by atoms with Crippen molar-refractivity contribution < 1.29 is 37.0 Å². The van der Waals surface area contributed by atoms with Crippen molar-refractivity contribution in [2.45, 2.75) is 0 Å². The average molecular weight is 383 g/mol. The van der Waals surface area contributed by atoms with Crippen molar-refractivity contribution in [3.05, 3.63) is 64.9 Å². The van der Waals surface area contributed by atoms with E-state index < -0.39 is 54.1 Å². The molecular formula is C16H12F3N3O5. The minimum atomic E-state index is -1.74. The molecule has 0 saturated heterocycles. The quantitative estimate of drug-likeness (QED) is 0.329. The maximum atomic E-state index is 13.4. The summed E-state index contributed by atoms with van der Waals surface area (Å²) in [6, 6.07) is 3.83. The van der Waals surface area contributed by atoms with Gasteiger partial charge in [-0.1, -0.05) is 0 Å². The van der Waals surface area contributed by atoms with E-state index in [0.29, 0.717) is 10.8 Å². The second-order valence-corrected chi connectivity index (χ2v) is 5.07. The van der Waals surface area contributed by atoms with Crippen LogP contribution in [0.15, 0.2) is 36.7 Å². The highest BCUT2D eigenvalue weighted by molar-refractivity contribution is 5.95. The van der Waals surface area contributed by atoms with Crippen molar-refractivity contribution in [2.24, 2.45) is 0 Å². The summed E-state index contributed by atoms with van der Waals surface area (Å²) < 4.78 is 44.4. The van der Waals surface area contributed by atoms with E-state index in [2.05, 4.69) is 10.1 Å². The third-order valence-electron chi connectivity index (χ3n) is 3.13. The molecule has 0 aliphatic carbocycles. The molecule has 8 nitrogen and oxygen atoms in total. The number of ether oxygens (including phenoxy) is 1. The Labute approximate surface area is 150 Å². The molecule has 142 valence electrons. The zero-order valence-electron chi connectivity index (χ0n) is 13.5. The highest BCUT2D eigenvalue weighted by Crippen LogP contribution is 2.19. The van der Waals surface area contributed by atoms with Crippen LogP contribution in [0.5, 0.6) is 0 Å². The van der Waals surface area contributed by atoms with Crippen LogP contribution >= 0.6 is 0 Å². The molecule has 1 aromatic heterocycles. The predicted molar refractivity (Wildman–Crippen MR) is 83.6 cm³/mol. The van der Waals surface area contributed by atoms with Crippen LogP contribution in [0.3, 0.4) is 0 Å². The smallest absolute Gasteiger partial charge is 0.339 e. The van der Waals surface area contributed by atoms with Crippen molar-refractivity contribution >= 4 is 23.5 Å². The van der Waals surface area contributed by atoms with Gasteiger partial charge in [0.1, 0.15) is 0 Å². The van der Waals surface area contributed by atoms with Gasteiger partial charge in [-0.15, -0.1) is 0 Å². The Morgan fingerprint density at radius 1 is 1.00 bits per heavy atom. The first kappa shape index (κ1) is 19.7. The van der Waals surface area contributed by atoms with Crippen LogP contribution < -0.4 is 15.4 Å². The van der Waals surface area contributed by atoms with Crippen molar-refractivity contribution in [3.8, 4) is 0 Å². The van der Waals surface area contributed by atoms with E-state index in [1.807, 2.05) is 5.32 Å². The van der Waals surface area contributed by atoms with E-state index >= 15 is 0 Å². The first-order chi connectivity index (χ1) is 12.8. The van der Waals surface area contributed by atoms with Crippen molar-refractivity contribution in [1.29, 1.82) is 0 Å². The molecule has 1 aromatic carbocycles. The van der Waals surface area contributed by atoms with Gasteiger partial charge in [0, 0.05) is 12.1 Å². The van der Waals surface area contributed by atoms with E-state index in [4.69, 9.17) is 0 Å². The molecule has 27 heavy (non-hydrogen) atoms. The number of carbonyl (C=O) groups is 3. The molecule has 2 aromatic rings. The minimum Gasteiger partial charge on any atom is -0.619 e. The zero-order valence-corrected chi connectivity index (χ0v) is 13.5.